The molecule has 3 heteroatoms. The van der Waals surface area contributed by atoms with Gasteiger partial charge in [-0.2, -0.15) is 0 Å². The average molecular weight is 249 g/mol. The highest BCUT2D eigenvalue weighted by Gasteiger charge is 2.23. The Morgan fingerprint density at radius 1 is 1.33 bits per heavy atom. The van der Waals surface area contributed by atoms with Crippen molar-refractivity contribution in [2.75, 3.05) is 26.7 Å². The number of piperidine rings is 1. The predicted molar refractivity (Wildman–Crippen MR) is 72.9 cm³/mol. The van der Waals surface area contributed by atoms with Crippen LogP contribution in [-0.4, -0.2) is 42.9 Å². The van der Waals surface area contributed by atoms with Gasteiger partial charge in [0.2, 0.25) is 0 Å². The molecule has 0 aromatic heterocycles. The monoisotopic (exact) mass is 249 g/mol. The molecule has 18 heavy (non-hydrogen) atoms. The molecule has 100 valence electrons. The largest absolute Gasteiger partial charge is 0.497 e. The molecule has 2 rings (SSSR count). The lowest BCUT2D eigenvalue weighted by Gasteiger charge is -2.34. The van der Waals surface area contributed by atoms with Crippen LogP contribution in [0.2, 0.25) is 0 Å². The van der Waals surface area contributed by atoms with Crippen molar-refractivity contribution in [3.63, 3.8) is 0 Å². The number of methoxy groups -OCH3 is 1. The number of likely N-dealkylation sites (tertiary alicyclic amines) is 1. The Morgan fingerprint density at radius 2 is 2.06 bits per heavy atom. The van der Waals surface area contributed by atoms with Crippen molar-refractivity contribution in [1.82, 2.24) is 4.90 Å². The van der Waals surface area contributed by atoms with E-state index in [4.69, 9.17) is 4.74 Å². The number of benzene rings is 1. The number of rotatable bonds is 4. The van der Waals surface area contributed by atoms with Crippen molar-refractivity contribution in [2.24, 2.45) is 5.92 Å². The van der Waals surface area contributed by atoms with Crippen LogP contribution in [0.4, 0.5) is 0 Å². The molecule has 0 amide bonds. The summed E-state index contributed by atoms with van der Waals surface area (Å²) in [6, 6.07) is 8.28. The van der Waals surface area contributed by atoms with Gasteiger partial charge in [-0.15, -0.1) is 0 Å². The number of nitrogens with zero attached hydrogens (tertiary/aromatic N) is 1. The third-order valence-electron chi connectivity index (χ3n) is 3.82. The first-order chi connectivity index (χ1) is 8.69. The van der Waals surface area contributed by atoms with Gasteiger partial charge in [-0.1, -0.05) is 19.1 Å². The van der Waals surface area contributed by atoms with Crippen molar-refractivity contribution in [3.8, 4) is 5.75 Å². The molecule has 1 fully saturated rings. The van der Waals surface area contributed by atoms with Gasteiger partial charge < -0.3 is 14.7 Å². The van der Waals surface area contributed by atoms with E-state index in [0.29, 0.717) is 5.92 Å². The van der Waals surface area contributed by atoms with E-state index in [2.05, 4.69) is 24.0 Å². The van der Waals surface area contributed by atoms with Gasteiger partial charge in [0.05, 0.1) is 13.2 Å². The van der Waals surface area contributed by atoms with Gasteiger partial charge in [-0.3, -0.25) is 0 Å². The van der Waals surface area contributed by atoms with Crippen LogP contribution in [0.15, 0.2) is 24.3 Å². The molecule has 1 heterocycles. The Morgan fingerprint density at radius 3 is 2.67 bits per heavy atom. The topological polar surface area (TPSA) is 32.7 Å². The van der Waals surface area contributed by atoms with Gasteiger partial charge in [0.25, 0.3) is 0 Å². The molecule has 1 N–H and O–H groups in total. The number of hydrogen-bond donors (Lipinski definition) is 1. The van der Waals surface area contributed by atoms with E-state index in [9.17, 15) is 5.11 Å². The van der Waals surface area contributed by atoms with E-state index in [1.165, 1.54) is 5.56 Å². The Bertz CT molecular complexity index is 363. The number of ether oxygens (including phenoxy) is 1. The van der Waals surface area contributed by atoms with Gasteiger partial charge in [0.1, 0.15) is 5.75 Å². The molecule has 2 unspecified atom stereocenters. The van der Waals surface area contributed by atoms with Gasteiger partial charge in [0.15, 0.2) is 0 Å². The zero-order chi connectivity index (χ0) is 13.0. The van der Waals surface area contributed by atoms with E-state index in [0.717, 1.165) is 38.2 Å². The highest BCUT2D eigenvalue weighted by atomic mass is 16.5. The third kappa shape index (κ3) is 3.47. The van der Waals surface area contributed by atoms with Crippen molar-refractivity contribution < 1.29 is 9.84 Å². The van der Waals surface area contributed by atoms with Crippen LogP contribution in [0.1, 0.15) is 18.9 Å². The molecule has 3 nitrogen and oxygen atoms in total. The van der Waals surface area contributed by atoms with Crippen molar-refractivity contribution >= 4 is 0 Å². The lowest BCUT2D eigenvalue weighted by atomic mass is 9.96. The second kappa shape index (κ2) is 6.21. The molecule has 1 saturated heterocycles. The summed E-state index contributed by atoms with van der Waals surface area (Å²) in [5, 5.41) is 9.70. The van der Waals surface area contributed by atoms with Crippen molar-refractivity contribution in [3.05, 3.63) is 29.8 Å². The molecule has 0 aliphatic carbocycles. The van der Waals surface area contributed by atoms with E-state index in [-0.39, 0.29) is 6.10 Å². The number of hydrogen-bond acceptors (Lipinski definition) is 3. The van der Waals surface area contributed by atoms with Crippen molar-refractivity contribution in [1.29, 1.82) is 0 Å². The van der Waals surface area contributed by atoms with Gasteiger partial charge in [-0.05, 0) is 36.5 Å². The second-order valence-corrected chi connectivity index (χ2v) is 5.23. The Kier molecular flexibility index (Phi) is 4.61. The zero-order valence-electron chi connectivity index (χ0n) is 11.3. The van der Waals surface area contributed by atoms with Crippen LogP contribution < -0.4 is 4.74 Å². The molecule has 0 bridgehead atoms. The lowest BCUT2D eigenvalue weighted by Crippen LogP contribution is -2.42. The lowest BCUT2D eigenvalue weighted by molar-refractivity contribution is 0.0356. The maximum atomic E-state index is 9.70. The summed E-state index contributed by atoms with van der Waals surface area (Å²) in [7, 11) is 1.69. The van der Waals surface area contributed by atoms with Gasteiger partial charge >= 0.3 is 0 Å². The SMILES string of the molecule is COc1ccc(CCN2CCC(O)C(C)C2)cc1. The maximum Gasteiger partial charge on any atom is 0.118 e. The summed E-state index contributed by atoms with van der Waals surface area (Å²) in [6.07, 6.45) is 1.86. The molecular weight excluding hydrogens is 226 g/mol. The van der Waals surface area contributed by atoms with E-state index in [1.54, 1.807) is 7.11 Å². The maximum absolute atomic E-state index is 9.70. The predicted octanol–water partition coefficient (Wildman–Crippen LogP) is 1.94. The number of aliphatic hydroxyl groups is 1. The quantitative estimate of drug-likeness (QED) is 0.885. The number of aliphatic hydroxyl groups excluding tert-OH is 1. The van der Waals surface area contributed by atoms with Crippen LogP contribution >= 0.6 is 0 Å². The minimum atomic E-state index is -0.109. The fourth-order valence-electron chi connectivity index (χ4n) is 2.50. The minimum absolute atomic E-state index is 0.109. The Balaban J connectivity index is 1.80. The molecule has 1 aromatic carbocycles. The zero-order valence-corrected chi connectivity index (χ0v) is 11.3. The summed E-state index contributed by atoms with van der Waals surface area (Å²) >= 11 is 0. The highest BCUT2D eigenvalue weighted by molar-refractivity contribution is 5.27. The third-order valence-corrected chi connectivity index (χ3v) is 3.82. The molecule has 1 aliphatic rings. The van der Waals surface area contributed by atoms with E-state index < -0.39 is 0 Å². The first kappa shape index (κ1) is 13.4. The molecule has 0 spiro atoms. The Labute approximate surface area is 109 Å². The second-order valence-electron chi connectivity index (χ2n) is 5.23. The minimum Gasteiger partial charge on any atom is -0.497 e. The van der Waals surface area contributed by atoms with E-state index >= 15 is 0 Å². The summed E-state index contributed by atoms with van der Waals surface area (Å²) < 4.78 is 5.15. The molecule has 1 aromatic rings. The van der Waals surface area contributed by atoms with E-state index in [1.807, 2.05) is 12.1 Å². The van der Waals surface area contributed by atoms with Gasteiger partial charge in [-0.25, -0.2) is 0 Å². The van der Waals surface area contributed by atoms with Crippen LogP contribution in [-0.2, 0) is 6.42 Å². The smallest absolute Gasteiger partial charge is 0.118 e. The standard InChI is InChI=1S/C15H23NO2/c1-12-11-16(10-8-15(12)17)9-7-13-3-5-14(18-2)6-4-13/h3-6,12,15,17H,7-11H2,1-2H3. The average Bonchev–Trinajstić information content (AvgIpc) is 2.41. The molecule has 1 aliphatic heterocycles. The molecule has 0 saturated carbocycles. The fraction of sp³-hybridized carbons (Fsp3) is 0.600. The molecule has 0 radical (unpaired) electrons. The fourth-order valence-corrected chi connectivity index (χ4v) is 2.50. The summed E-state index contributed by atoms with van der Waals surface area (Å²) in [5.74, 6) is 1.31. The Hall–Kier alpha value is -1.06. The first-order valence-corrected chi connectivity index (χ1v) is 6.72. The summed E-state index contributed by atoms with van der Waals surface area (Å²) in [6.45, 7) is 5.23. The molecule has 2 atom stereocenters. The van der Waals surface area contributed by atoms with Crippen LogP contribution in [0.25, 0.3) is 0 Å². The first-order valence-electron chi connectivity index (χ1n) is 6.72. The normalized spacial score (nSPS) is 25.1. The van der Waals surface area contributed by atoms with Crippen LogP contribution in [0, 0.1) is 5.92 Å². The van der Waals surface area contributed by atoms with Crippen molar-refractivity contribution in [2.45, 2.75) is 25.9 Å². The molecular formula is C15H23NO2. The van der Waals surface area contributed by atoms with Gasteiger partial charge in [0, 0.05) is 19.6 Å². The van der Waals surface area contributed by atoms with Crippen LogP contribution in [0.5, 0.6) is 5.75 Å². The summed E-state index contributed by atoms with van der Waals surface area (Å²) in [4.78, 5) is 2.45. The van der Waals surface area contributed by atoms with Crippen LogP contribution in [0.3, 0.4) is 0 Å². The summed E-state index contributed by atoms with van der Waals surface area (Å²) in [5.41, 5.74) is 1.34. The highest BCUT2D eigenvalue weighted by Crippen LogP contribution is 2.17.